The minimum Gasteiger partial charge on any atom is -0.355 e. The summed E-state index contributed by atoms with van der Waals surface area (Å²) in [6.45, 7) is 5.84. The number of carbonyl (C=O) groups is 2. The topological polar surface area (TPSA) is 80.6 Å². The van der Waals surface area contributed by atoms with Crippen LogP contribution >= 0.6 is 27.7 Å². The van der Waals surface area contributed by atoms with E-state index in [1.807, 2.05) is 56.3 Å². The maximum atomic E-state index is 13.0. The highest BCUT2D eigenvalue weighted by Crippen LogP contribution is 2.27. The second-order valence-corrected chi connectivity index (χ2v) is 9.95. The van der Waals surface area contributed by atoms with Crippen LogP contribution in [0.3, 0.4) is 0 Å². The van der Waals surface area contributed by atoms with Crippen molar-refractivity contribution in [3.8, 4) is 11.4 Å². The number of H-pyrrole nitrogens is 1. The Bertz CT molecular complexity index is 1330. The van der Waals surface area contributed by atoms with Crippen LogP contribution in [0.4, 0.5) is 0 Å². The zero-order valence-electron chi connectivity index (χ0n) is 19.3. The maximum Gasteiger partial charge on any atom is 0.191 e. The van der Waals surface area contributed by atoms with Gasteiger partial charge in [-0.3, -0.25) is 9.59 Å². The quantitative estimate of drug-likeness (QED) is 0.207. The highest BCUT2D eigenvalue weighted by Gasteiger charge is 2.21. The van der Waals surface area contributed by atoms with E-state index in [4.69, 9.17) is 0 Å². The smallest absolute Gasteiger partial charge is 0.191 e. The van der Waals surface area contributed by atoms with Gasteiger partial charge in [-0.15, -0.1) is 10.2 Å². The molecule has 2 aromatic carbocycles. The monoisotopic (exact) mass is 536 g/mol. The van der Waals surface area contributed by atoms with Crippen molar-refractivity contribution in [3.05, 3.63) is 87.1 Å². The highest BCUT2D eigenvalue weighted by molar-refractivity contribution is 9.10. The van der Waals surface area contributed by atoms with Crippen LogP contribution in [0.5, 0.6) is 0 Å². The molecule has 8 heteroatoms. The largest absolute Gasteiger partial charge is 0.355 e. The minimum absolute atomic E-state index is 0.0438. The molecule has 1 N–H and O–H groups in total. The van der Waals surface area contributed by atoms with Crippen LogP contribution in [0.1, 0.15) is 44.6 Å². The standard InChI is InChI=1S/C26H25BrN4O2S/c1-16-23(18(3)32)17(2)28-24(16)22(33)15-34-26-30-29-25(20-9-11-21(27)12-10-20)31(26)14-13-19-7-5-4-6-8-19/h4-12,28H,13-15H2,1-3H3. The zero-order valence-corrected chi connectivity index (χ0v) is 21.7. The van der Waals surface area contributed by atoms with Crippen molar-refractivity contribution in [2.45, 2.75) is 38.9 Å². The summed E-state index contributed by atoms with van der Waals surface area (Å²) in [5.41, 5.74) is 4.69. The predicted octanol–water partition coefficient (Wildman–Crippen LogP) is 6.07. The number of carbonyl (C=O) groups excluding carboxylic acids is 2. The first-order valence-corrected chi connectivity index (χ1v) is 12.7. The third-order valence-corrected chi connectivity index (χ3v) is 7.18. The van der Waals surface area contributed by atoms with Crippen LogP contribution in [0.15, 0.2) is 64.2 Å². The van der Waals surface area contributed by atoms with Gasteiger partial charge < -0.3 is 9.55 Å². The first-order valence-electron chi connectivity index (χ1n) is 10.9. The van der Waals surface area contributed by atoms with Crippen molar-refractivity contribution < 1.29 is 9.59 Å². The van der Waals surface area contributed by atoms with Crippen molar-refractivity contribution in [2.24, 2.45) is 0 Å². The number of aromatic nitrogens is 4. The Morgan fingerprint density at radius 1 is 1.03 bits per heavy atom. The lowest BCUT2D eigenvalue weighted by Gasteiger charge is -2.10. The number of hydrogen-bond acceptors (Lipinski definition) is 5. The van der Waals surface area contributed by atoms with Crippen LogP contribution in [-0.4, -0.2) is 37.1 Å². The minimum atomic E-state index is -0.0686. The molecule has 0 atom stereocenters. The van der Waals surface area contributed by atoms with E-state index in [-0.39, 0.29) is 17.3 Å². The Balaban J connectivity index is 1.58. The van der Waals surface area contributed by atoms with Gasteiger partial charge in [0.25, 0.3) is 0 Å². The number of nitrogens with zero attached hydrogens (tertiary/aromatic N) is 3. The fraction of sp³-hybridized carbons (Fsp3) is 0.231. The Morgan fingerprint density at radius 2 is 1.74 bits per heavy atom. The fourth-order valence-electron chi connectivity index (χ4n) is 4.05. The van der Waals surface area contributed by atoms with Gasteiger partial charge in [-0.1, -0.05) is 70.2 Å². The molecule has 0 saturated carbocycles. The van der Waals surface area contributed by atoms with E-state index >= 15 is 0 Å². The molecular formula is C26H25BrN4O2S. The molecule has 0 aliphatic heterocycles. The number of halogens is 1. The number of ketones is 2. The average molecular weight is 537 g/mol. The van der Waals surface area contributed by atoms with Crippen LogP contribution in [0.2, 0.25) is 0 Å². The summed E-state index contributed by atoms with van der Waals surface area (Å²) in [5, 5.41) is 9.55. The molecule has 0 unspecified atom stereocenters. The molecule has 6 nitrogen and oxygen atoms in total. The molecule has 0 radical (unpaired) electrons. The number of aromatic amines is 1. The molecule has 2 aromatic heterocycles. The van der Waals surface area contributed by atoms with Gasteiger partial charge in [0, 0.05) is 27.8 Å². The number of Topliss-reactive ketones (excluding diaryl/α,β-unsaturated/α-hetero) is 2. The Labute approximate surface area is 211 Å². The van der Waals surface area contributed by atoms with Gasteiger partial charge in [0.2, 0.25) is 0 Å². The SMILES string of the molecule is CC(=O)c1c(C)[nH]c(C(=O)CSc2nnc(-c3ccc(Br)cc3)n2CCc2ccccc2)c1C. The lowest BCUT2D eigenvalue weighted by atomic mass is 10.1. The molecule has 34 heavy (non-hydrogen) atoms. The maximum absolute atomic E-state index is 13.0. The lowest BCUT2D eigenvalue weighted by molar-refractivity contribution is 0.101. The van der Waals surface area contributed by atoms with Gasteiger partial charge in [0.1, 0.15) is 0 Å². The molecular weight excluding hydrogens is 512 g/mol. The van der Waals surface area contributed by atoms with Crippen molar-refractivity contribution in [1.29, 1.82) is 0 Å². The number of nitrogens with one attached hydrogen (secondary N) is 1. The molecule has 0 bridgehead atoms. The van der Waals surface area contributed by atoms with E-state index in [9.17, 15) is 9.59 Å². The van der Waals surface area contributed by atoms with E-state index < -0.39 is 0 Å². The summed E-state index contributed by atoms with van der Waals surface area (Å²) in [6, 6.07) is 18.2. The number of rotatable bonds is 9. The van der Waals surface area contributed by atoms with Crippen molar-refractivity contribution in [1.82, 2.24) is 19.7 Å². The molecule has 2 heterocycles. The van der Waals surface area contributed by atoms with E-state index in [0.29, 0.717) is 28.5 Å². The van der Waals surface area contributed by atoms with E-state index in [1.54, 1.807) is 0 Å². The van der Waals surface area contributed by atoms with Crippen LogP contribution in [0.25, 0.3) is 11.4 Å². The molecule has 0 aliphatic rings. The number of aryl methyl sites for hydroxylation is 2. The summed E-state index contributed by atoms with van der Waals surface area (Å²) in [6.07, 6.45) is 0.820. The van der Waals surface area contributed by atoms with Gasteiger partial charge in [-0.05, 0) is 50.5 Å². The first kappa shape index (κ1) is 24.2. The molecule has 0 aliphatic carbocycles. The zero-order chi connectivity index (χ0) is 24.2. The Hall–Kier alpha value is -2.97. The van der Waals surface area contributed by atoms with Crippen molar-refractivity contribution >= 4 is 39.3 Å². The highest BCUT2D eigenvalue weighted by atomic mass is 79.9. The lowest BCUT2D eigenvalue weighted by Crippen LogP contribution is -2.09. The van der Waals surface area contributed by atoms with Crippen LogP contribution in [-0.2, 0) is 13.0 Å². The van der Waals surface area contributed by atoms with Crippen molar-refractivity contribution in [3.63, 3.8) is 0 Å². The van der Waals surface area contributed by atoms with Gasteiger partial charge in [-0.25, -0.2) is 0 Å². The predicted molar refractivity (Wildman–Crippen MR) is 139 cm³/mol. The second-order valence-electron chi connectivity index (χ2n) is 8.09. The molecule has 4 rings (SSSR count). The van der Waals surface area contributed by atoms with E-state index in [1.165, 1.54) is 24.2 Å². The summed E-state index contributed by atoms with van der Waals surface area (Å²) in [4.78, 5) is 28.0. The Morgan fingerprint density at radius 3 is 2.38 bits per heavy atom. The van der Waals surface area contributed by atoms with E-state index in [2.05, 4.69) is 47.8 Å². The third kappa shape index (κ3) is 5.23. The average Bonchev–Trinajstić information content (AvgIpc) is 3.37. The Kier molecular flexibility index (Phi) is 7.48. The van der Waals surface area contributed by atoms with E-state index in [0.717, 1.165) is 28.0 Å². The molecule has 0 amide bonds. The van der Waals surface area contributed by atoms with Gasteiger partial charge in [0.15, 0.2) is 22.5 Å². The normalized spacial score (nSPS) is 11.1. The summed E-state index contributed by atoms with van der Waals surface area (Å²) >= 11 is 4.84. The molecule has 4 aromatic rings. The summed E-state index contributed by atoms with van der Waals surface area (Å²) < 4.78 is 3.07. The van der Waals surface area contributed by atoms with Crippen LogP contribution in [0, 0.1) is 13.8 Å². The van der Waals surface area contributed by atoms with Gasteiger partial charge >= 0.3 is 0 Å². The summed E-state index contributed by atoms with van der Waals surface area (Å²) in [5.74, 6) is 0.852. The second kappa shape index (κ2) is 10.5. The van der Waals surface area contributed by atoms with Gasteiger partial charge in [-0.2, -0.15) is 0 Å². The molecule has 174 valence electrons. The number of thioether (sulfide) groups is 1. The molecule has 0 spiro atoms. The molecule has 0 saturated heterocycles. The number of benzene rings is 2. The third-order valence-electron chi connectivity index (χ3n) is 5.69. The van der Waals surface area contributed by atoms with Crippen molar-refractivity contribution in [2.75, 3.05) is 5.75 Å². The number of hydrogen-bond donors (Lipinski definition) is 1. The first-order chi connectivity index (χ1) is 16.3. The fourth-order valence-corrected chi connectivity index (χ4v) is 5.16. The van der Waals surface area contributed by atoms with Gasteiger partial charge in [0.05, 0.1) is 11.4 Å². The van der Waals surface area contributed by atoms with Crippen LogP contribution < -0.4 is 0 Å². The molecule has 0 fully saturated rings. The summed E-state index contributed by atoms with van der Waals surface area (Å²) in [7, 11) is 0.